The van der Waals surface area contributed by atoms with Crippen LogP contribution < -0.4 is 5.32 Å². The van der Waals surface area contributed by atoms with Gasteiger partial charge in [0.2, 0.25) is 0 Å². The quantitative estimate of drug-likeness (QED) is 0.843. The summed E-state index contributed by atoms with van der Waals surface area (Å²) < 4.78 is 0. The Kier molecular flexibility index (Phi) is 4.08. The Labute approximate surface area is 99.8 Å². The summed E-state index contributed by atoms with van der Waals surface area (Å²) in [5.41, 5.74) is 1.70. The van der Waals surface area contributed by atoms with Crippen molar-refractivity contribution in [1.82, 2.24) is 9.97 Å². The second kappa shape index (κ2) is 5.32. The fourth-order valence-corrected chi connectivity index (χ4v) is 1.25. The predicted molar refractivity (Wildman–Crippen MR) is 65.4 cm³/mol. The number of aromatic hydroxyl groups is 1. The third kappa shape index (κ3) is 3.10. The highest BCUT2D eigenvalue weighted by molar-refractivity contribution is 5.85. The van der Waals surface area contributed by atoms with Gasteiger partial charge in [0, 0.05) is 23.5 Å². The van der Waals surface area contributed by atoms with Gasteiger partial charge in [0.1, 0.15) is 17.9 Å². The molecule has 0 bridgehead atoms. The van der Waals surface area contributed by atoms with Crippen LogP contribution in [0.3, 0.4) is 0 Å². The van der Waals surface area contributed by atoms with E-state index in [4.69, 9.17) is 0 Å². The molecular formula is C11H12ClN3O. The Morgan fingerprint density at radius 3 is 2.69 bits per heavy atom. The van der Waals surface area contributed by atoms with E-state index in [1.54, 1.807) is 18.2 Å². The van der Waals surface area contributed by atoms with E-state index in [0.29, 0.717) is 5.82 Å². The standard InChI is InChI=1S/C11H11N3O.ClH/c1-8-5-11(13-7-12-8)14-9-3-2-4-10(15)6-9;/h2-7,15H,1H3,(H,12,13,14);1H. The van der Waals surface area contributed by atoms with E-state index >= 15 is 0 Å². The van der Waals surface area contributed by atoms with Crippen molar-refractivity contribution in [3.8, 4) is 5.75 Å². The number of aromatic nitrogens is 2. The lowest BCUT2D eigenvalue weighted by Crippen LogP contribution is -1.94. The molecule has 1 heterocycles. The molecule has 0 atom stereocenters. The summed E-state index contributed by atoms with van der Waals surface area (Å²) in [6, 6.07) is 8.72. The zero-order valence-corrected chi connectivity index (χ0v) is 9.53. The van der Waals surface area contributed by atoms with E-state index in [9.17, 15) is 5.11 Å². The van der Waals surface area contributed by atoms with Gasteiger partial charge < -0.3 is 10.4 Å². The summed E-state index contributed by atoms with van der Waals surface area (Å²) in [5, 5.41) is 12.3. The number of phenols is 1. The van der Waals surface area contributed by atoms with Crippen molar-refractivity contribution in [3.05, 3.63) is 42.4 Å². The molecule has 2 aromatic rings. The van der Waals surface area contributed by atoms with Crippen molar-refractivity contribution in [2.24, 2.45) is 0 Å². The van der Waals surface area contributed by atoms with Gasteiger partial charge in [0.15, 0.2) is 0 Å². The van der Waals surface area contributed by atoms with Crippen molar-refractivity contribution in [2.75, 3.05) is 5.32 Å². The van der Waals surface area contributed by atoms with Gasteiger partial charge in [-0.25, -0.2) is 9.97 Å². The zero-order valence-electron chi connectivity index (χ0n) is 8.71. The van der Waals surface area contributed by atoms with Crippen LogP contribution in [-0.4, -0.2) is 15.1 Å². The van der Waals surface area contributed by atoms with Crippen molar-refractivity contribution >= 4 is 23.9 Å². The summed E-state index contributed by atoms with van der Waals surface area (Å²) in [6.07, 6.45) is 1.50. The number of benzene rings is 1. The highest BCUT2D eigenvalue weighted by Gasteiger charge is 1.97. The number of phenolic OH excluding ortho intramolecular Hbond substituents is 1. The second-order valence-corrected chi connectivity index (χ2v) is 3.22. The predicted octanol–water partition coefficient (Wildman–Crippen LogP) is 2.66. The van der Waals surface area contributed by atoms with Crippen molar-refractivity contribution in [3.63, 3.8) is 0 Å². The molecule has 0 aliphatic heterocycles. The summed E-state index contributed by atoms with van der Waals surface area (Å²) >= 11 is 0. The summed E-state index contributed by atoms with van der Waals surface area (Å²) in [5.74, 6) is 0.943. The smallest absolute Gasteiger partial charge is 0.133 e. The van der Waals surface area contributed by atoms with Gasteiger partial charge in [-0.3, -0.25) is 0 Å². The van der Waals surface area contributed by atoms with Crippen LogP contribution in [0.5, 0.6) is 5.75 Å². The lowest BCUT2D eigenvalue weighted by molar-refractivity contribution is 0.475. The molecule has 0 aliphatic carbocycles. The minimum atomic E-state index is 0. The third-order valence-electron chi connectivity index (χ3n) is 1.92. The first kappa shape index (κ1) is 12.3. The van der Waals surface area contributed by atoms with Crippen LogP contribution in [0.25, 0.3) is 0 Å². The largest absolute Gasteiger partial charge is 0.508 e. The van der Waals surface area contributed by atoms with Gasteiger partial charge in [-0.1, -0.05) is 6.07 Å². The zero-order chi connectivity index (χ0) is 10.7. The van der Waals surface area contributed by atoms with Crippen molar-refractivity contribution in [2.45, 2.75) is 6.92 Å². The molecule has 1 aromatic carbocycles. The monoisotopic (exact) mass is 237 g/mol. The van der Waals surface area contributed by atoms with E-state index in [0.717, 1.165) is 11.4 Å². The molecule has 0 unspecified atom stereocenters. The highest BCUT2D eigenvalue weighted by Crippen LogP contribution is 2.18. The average Bonchev–Trinajstić information content (AvgIpc) is 2.17. The molecule has 1 aromatic heterocycles. The number of hydrogen-bond donors (Lipinski definition) is 2. The molecule has 2 rings (SSSR count). The van der Waals surface area contributed by atoms with E-state index in [1.807, 2.05) is 19.1 Å². The van der Waals surface area contributed by atoms with Crippen LogP contribution in [0, 0.1) is 6.92 Å². The lowest BCUT2D eigenvalue weighted by Gasteiger charge is -2.05. The number of hydrogen-bond acceptors (Lipinski definition) is 4. The first-order valence-corrected chi connectivity index (χ1v) is 4.59. The van der Waals surface area contributed by atoms with E-state index < -0.39 is 0 Å². The fourth-order valence-electron chi connectivity index (χ4n) is 1.25. The third-order valence-corrected chi connectivity index (χ3v) is 1.92. The molecule has 4 nitrogen and oxygen atoms in total. The number of halogens is 1. The van der Waals surface area contributed by atoms with Gasteiger partial charge >= 0.3 is 0 Å². The first-order valence-electron chi connectivity index (χ1n) is 4.59. The van der Waals surface area contributed by atoms with Crippen LogP contribution in [-0.2, 0) is 0 Å². The Hall–Kier alpha value is -1.81. The summed E-state index contributed by atoms with van der Waals surface area (Å²) in [6.45, 7) is 1.90. The Balaban J connectivity index is 0.00000128. The number of aryl methyl sites for hydroxylation is 1. The summed E-state index contributed by atoms with van der Waals surface area (Å²) in [4.78, 5) is 8.06. The number of nitrogens with one attached hydrogen (secondary N) is 1. The summed E-state index contributed by atoms with van der Waals surface area (Å²) in [7, 11) is 0. The molecule has 0 saturated heterocycles. The maximum absolute atomic E-state index is 9.27. The van der Waals surface area contributed by atoms with Crippen LogP contribution >= 0.6 is 12.4 Å². The molecular weight excluding hydrogens is 226 g/mol. The van der Waals surface area contributed by atoms with Gasteiger partial charge in [-0.2, -0.15) is 0 Å². The van der Waals surface area contributed by atoms with Crippen LogP contribution in [0.15, 0.2) is 36.7 Å². The molecule has 0 spiro atoms. The molecule has 0 fully saturated rings. The van der Waals surface area contributed by atoms with E-state index in [1.165, 1.54) is 6.33 Å². The molecule has 0 aliphatic rings. The molecule has 84 valence electrons. The van der Waals surface area contributed by atoms with E-state index in [-0.39, 0.29) is 18.2 Å². The van der Waals surface area contributed by atoms with Crippen molar-refractivity contribution in [1.29, 1.82) is 0 Å². The van der Waals surface area contributed by atoms with Crippen LogP contribution in [0.4, 0.5) is 11.5 Å². The van der Waals surface area contributed by atoms with Gasteiger partial charge in [0.25, 0.3) is 0 Å². The van der Waals surface area contributed by atoms with Crippen LogP contribution in [0.1, 0.15) is 5.69 Å². The minimum Gasteiger partial charge on any atom is -0.508 e. The molecule has 0 amide bonds. The highest BCUT2D eigenvalue weighted by atomic mass is 35.5. The number of nitrogens with zero attached hydrogens (tertiary/aromatic N) is 2. The Bertz CT molecular complexity index is 433. The topological polar surface area (TPSA) is 58.0 Å². The van der Waals surface area contributed by atoms with Gasteiger partial charge in [-0.15, -0.1) is 12.4 Å². The van der Waals surface area contributed by atoms with Gasteiger partial charge in [-0.05, 0) is 19.1 Å². The lowest BCUT2D eigenvalue weighted by atomic mass is 10.3. The number of rotatable bonds is 2. The Morgan fingerprint density at radius 1 is 1.19 bits per heavy atom. The molecule has 0 radical (unpaired) electrons. The average molecular weight is 238 g/mol. The minimum absolute atomic E-state index is 0. The molecule has 16 heavy (non-hydrogen) atoms. The maximum Gasteiger partial charge on any atom is 0.133 e. The fraction of sp³-hybridized carbons (Fsp3) is 0.0909. The molecule has 2 N–H and O–H groups in total. The van der Waals surface area contributed by atoms with Crippen molar-refractivity contribution < 1.29 is 5.11 Å². The van der Waals surface area contributed by atoms with Gasteiger partial charge in [0.05, 0.1) is 0 Å². The SMILES string of the molecule is Cc1cc(Nc2cccc(O)c2)ncn1.Cl. The first-order chi connectivity index (χ1) is 7.24. The Morgan fingerprint density at radius 2 is 2.00 bits per heavy atom. The maximum atomic E-state index is 9.27. The normalized spacial score (nSPS) is 9.31. The van der Waals surface area contributed by atoms with E-state index in [2.05, 4.69) is 15.3 Å². The molecule has 5 heteroatoms. The van der Waals surface area contributed by atoms with Crippen LogP contribution in [0.2, 0.25) is 0 Å². The second-order valence-electron chi connectivity index (χ2n) is 3.22. The number of anilines is 2. The molecule has 0 saturated carbocycles.